The van der Waals surface area contributed by atoms with Gasteiger partial charge in [0.1, 0.15) is 18.2 Å². The number of carbonyl (C=O) groups is 1. The molecule has 120 valence electrons. The summed E-state index contributed by atoms with van der Waals surface area (Å²) in [5, 5.41) is 3.03. The first kappa shape index (κ1) is 15.4. The van der Waals surface area contributed by atoms with Gasteiger partial charge in [-0.05, 0) is 36.4 Å². The Morgan fingerprint density at radius 2 is 2.04 bits per heavy atom. The van der Waals surface area contributed by atoms with Crippen molar-refractivity contribution in [1.82, 2.24) is 5.32 Å². The molecular weight excluding hydrogens is 325 g/mol. The number of hydrogen-bond donors (Lipinski definition) is 1. The van der Waals surface area contributed by atoms with Gasteiger partial charge in [0.2, 0.25) is 6.79 Å². The van der Waals surface area contributed by atoms with Crippen molar-refractivity contribution in [3.63, 3.8) is 0 Å². The summed E-state index contributed by atoms with van der Waals surface area (Å²) >= 11 is 6.03. The fourth-order valence-electron chi connectivity index (χ4n) is 2.06. The molecule has 1 N–H and O–H groups in total. The van der Waals surface area contributed by atoms with Crippen molar-refractivity contribution in [2.75, 3.05) is 19.9 Å². The van der Waals surface area contributed by atoms with Crippen LogP contribution in [0.5, 0.6) is 17.2 Å². The van der Waals surface area contributed by atoms with Crippen LogP contribution in [0.15, 0.2) is 36.4 Å². The number of rotatable bonds is 5. The van der Waals surface area contributed by atoms with Crippen LogP contribution >= 0.6 is 11.6 Å². The van der Waals surface area contributed by atoms with Crippen molar-refractivity contribution in [3.05, 3.63) is 52.8 Å². The molecule has 0 fully saturated rings. The molecule has 0 unspecified atom stereocenters. The maximum absolute atomic E-state index is 12.8. The number of ether oxygens (including phenoxy) is 3. The summed E-state index contributed by atoms with van der Waals surface area (Å²) in [4.78, 5) is 12.1. The van der Waals surface area contributed by atoms with Crippen LogP contribution in [0.4, 0.5) is 4.39 Å². The molecule has 2 aromatic rings. The first-order valence-electron chi connectivity index (χ1n) is 6.89. The number of carbonyl (C=O) groups excluding carboxylic acids is 1. The van der Waals surface area contributed by atoms with Crippen molar-refractivity contribution in [3.8, 4) is 17.2 Å². The van der Waals surface area contributed by atoms with Crippen molar-refractivity contribution in [1.29, 1.82) is 0 Å². The lowest BCUT2D eigenvalue weighted by Crippen LogP contribution is -2.28. The highest BCUT2D eigenvalue weighted by atomic mass is 35.5. The van der Waals surface area contributed by atoms with Crippen molar-refractivity contribution in [2.45, 2.75) is 0 Å². The topological polar surface area (TPSA) is 56.8 Å². The quantitative estimate of drug-likeness (QED) is 0.852. The molecule has 1 heterocycles. The molecule has 0 saturated heterocycles. The van der Waals surface area contributed by atoms with Crippen LogP contribution in [-0.4, -0.2) is 25.9 Å². The van der Waals surface area contributed by atoms with E-state index in [1.807, 2.05) is 0 Å². The van der Waals surface area contributed by atoms with E-state index >= 15 is 0 Å². The number of hydrogen-bond acceptors (Lipinski definition) is 4. The highest BCUT2D eigenvalue weighted by molar-refractivity contribution is 6.32. The second kappa shape index (κ2) is 6.75. The SMILES string of the molecule is O=C(NCCOc1ccc(F)cc1)c1cc(Cl)c2c(c1)OCO2. The summed E-state index contributed by atoms with van der Waals surface area (Å²) in [6.07, 6.45) is 0. The standard InChI is InChI=1S/C16H13ClFNO4/c17-13-7-10(8-14-15(13)23-9-22-14)16(20)19-5-6-21-12-3-1-11(18)2-4-12/h1-4,7-8H,5-6,9H2,(H,19,20). The third-order valence-electron chi connectivity index (χ3n) is 3.16. The predicted molar refractivity (Wildman–Crippen MR) is 81.8 cm³/mol. The average Bonchev–Trinajstić information content (AvgIpc) is 3.02. The van der Waals surface area contributed by atoms with Crippen molar-refractivity contribution in [2.24, 2.45) is 0 Å². The van der Waals surface area contributed by atoms with E-state index in [0.717, 1.165) is 0 Å². The van der Waals surface area contributed by atoms with Crippen LogP contribution in [-0.2, 0) is 0 Å². The van der Waals surface area contributed by atoms with Gasteiger partial charge in [0, 0.05) is 5.56 Å². The van der Waals surface area contributed by atoms with E-state index < -0.39 is 0 Å². The zero-order valence-electron chi connectivity index (χ0n) is 12.0. The Bertz CT molecular complexity index is 721. The maximum Gasteiger partial charge on any atom is 0.251 e. The fraction of sp³-hybridized carbons (Fsp3) is 0.188. The van der Waals surface area contributed by atoms with E-state index in [-0.39, 0.29) is 25.1 Å². The third-order valence-corrected chi connectivity index (χ3v) is 3.44. The monoisotopic (exact) mass is 337 g/mol. The smallest absolute Gasteiger partial charge is 0.251 e. The Balaban J connectivity index is 1.52. The van der Waals surface area contributed by atoms with Crippen molar-refractivity contribution < 1.29 is 23.4 Å². The zero-order valence-corrected chi connectivity index (χ0v) is 12.7. The number of halogens is 2. The van der Waals surface area contributed by atoms with Crippen molar-refractivity contribution >= 4 is 17.5 Å². The molecular formula is C16H13ClFNO4. The minimum atomic E-state index is -0.328. The Labute approximate surface area is 136 Å². The molecule has 0 radical (unpaired) electrons. The van der Waals surface area contributed by atoms with Gasteiger partial charge in [-0.1, -0.05) is 11.6 Å². The van der Waals surface area contributed by atoms with Gasteiger partial charge in [-0.3, -0.25) is 4.79 Å². The molecule has 2 aromatic carbocycles. The van der Waals surface area contributed by atoms with Gasteiger partial charge in [-0.25, -0.2) is 4.39 Å². The molecule has 0 spiro atoms. The predicted octanol–water partition coefficient (Wildman–Crippen LogP) is 3.02. The second-order valence-corrected chi connectivity index (χ2v) is 5.16. The number of nitrogens with one attached hydrogen (secondary N) is 1. The first-order chi connectivity index (χ1) is 11.1. The molecule has 1 aliphatic heterocycles. The minimum absolute atomic E-state index is 0.0889. The Morgan fingerprint density at radius 3 is 2.83 bits per heavy atom. The molecule has 0 bridgehead atoms. The summed E-state index contributed by atoms with van der Waals surface area (Å²) in [5.74, 6) is 0.804. The van der Waals surface area contributed by atoms with E-state index in [9.17, 15) is 9.18 Å². The maximum atomic E-state index is 12.8. The Kier molecular flexibility index (Phi) is 4.52. The number of benzene rings is 2. The molecule has 3 rings (SSSR count). The third kappa shape index (κ3) is 3.65. The molecule has 0 aromatic heterocycles. The average molecular weight is 338 g/mol. The van der Waals surface area contributed by atoms with Crippen LogP contribution in [0.25, 0.3) is 0 Å². The lowest BCUT2D eigenvalue weighted by Gasteiger charge is -2.08. The summed E-state index contributed by atoms with van der Waals surface area (Å²) < 4.78 is 28.6. The molecule has 0 aliphatic carbocycles. The number of amides is 1. The van der Waals surface area contributed by atoms with Gasteiger partial charge < -0.3 is 19.5 Å². The van der Waals surface area contributed by atoms with Crippen LogP contribution < -0.4 is 19.5 Å². The van der Waals surface area contributed by atoms with Gasteiger partial charge in [-0.2, -0.15) is 0 Å². The van der Waals surface area contributed by atoms with Gasteiger partial charge in [0.25, 0.3) is 5.91 Å². The van der Waals surface area contributed by atoms with Gasteiger partial charge in [-0.15, -0.1) is 0 Å². The van der Waals surface area contributed by atoms with Crippen LogP contribution in [0.1, 0.15) is 10.4 Å². The van der Waals surface area contributed by atoms with E-state index in [1.54, 1.807) is 6.07 Å². The van der Waals surface area contributed by atoms with Crippen LogP contribution in [0, 0.1) is 5.82 Å². The Morgan fingerprint density at radius 1 is 1.26 bits per heavy atom. The second-order valence-electron chi connectivity index (χ2n) is 4.75. The highest BCUT2D eigenvalue weighted by Crippen LogP contribution is 2.39. The fourth-order valence-corrected chi connectivity index (χ4v) is 2.33. The molecule has 23 heavy (non-hydrogen) atoms. The normalized spacial score (nSPS) is 12.1. The molecule has 7 heteroatoms. The van der Waals surface area contributed by atoms with Gasteiger partial charge in [0.15, 0.2) is 11.5 Å². The van der Waals surface area contributed by atoms with Crippen LogP contribution in [0.3, 0.4) is 0 Å². The van der Waals surface area contributed by atoms with E-state index in [2.05, 4.69) is 5.32 Å². The Hall–Kier alpha value is -2.47. The lowest BCUT2D eigenvalue weighted by atomic mass is 10.2. The number of fused-ring (bicyclic) bond motifs is 1. The highest BCUT2D eigenvalue weighted by Gasteiger charge is 2.20. The molecule has 1 aliphatic rings. The summed E-state index contributed by atoms with van der Waals surface area (Å²) in [6, 6.07) is 8.75. The lowest BCUT2D eigenvalue weighted by molar-refractivity contribution is 0.0946. The van der Waals surface area contributed by atoms with Gasteiger partial charge in [0.05, 0.1) is 11.6 Å². The largest absolute Gasteiger partial charge is 0.492 e. The van der Waals surface area contributed by atoms with E-state index in [0.29, 0.717) is 34.4 Å². The van der Waals surface area contributed by atoms with E-state index in [1.165, 1.54) is 30.3 Å². The first-order valence-corrected chi connectivity index (χ1v) is 7.27. The van der Waals surface area contributed by atoms with E-state index in [4.69, 9.17) is 25.8 Å². The summed E-state index contributed by atoms with van der Waals surface area (Å²) in [7, 11) is 0. The molecule has 1 amide bonds. The summed E-state index contributed by atoms with van der Waals surface area (Å²) in [5.41, 5.74) is 0.376. The van der Waals surface area contributed by atoms with Gasteiger partial charge >= 0.3 is 0 Å². The minimum Gasteiger partial charge on any atom is -0.492 e. The van der Waals surface area contributed by atoms with Crippen LogP contribution in [0.2, 0.25) is 5.02 Å². The molecule has 0 saturated carbocycles. The zero-order chi connectivity index (χ0) is 16.2. The molecule has 0 atom stereocenters. The molecule has 5 nitrogen and oxygen atoms in total. The summed E-state index contributed by atoms with van der Waals surface area (Å²) in [6.45, 7) is 0.642.